The van der Waals surface area contributed by atoms with Gasteiger partial charge in [-0.2, -0.15) is 0 Å². The van der Waals surface area contributed by atoms with Crippen LogP contribution in [0.15, 0.2) is 41.0 Å². The standard InChI is InChI=1S/C13H13NO3S/c14-11-5-1-3-9(12(11)13(15)16)7-18-8-10-4-2-6-17-10/h1-6H,7-8,14H2,(H,15,16). The zero-order valence-electron chi connectivity index (χ0n) is 9.63. The molecule has 0 fully saturated rings. The highest BCUT2D eigenvalue weighted by Gasteiger charge is 2.13. The second-order valence-electron chi connectivity index (χ2n) is 3.76. The van der Waals surface area contributed by atoms with Gasteiger partial charge in [0, 0.05) is 11.4 Å². The highest BCUT2D eigenvalue weighted by atomic mass is 32.2. The highest BCUT2D eigenvalue weighted by molar-refractivity contribution is 7.97. The molecule has 0 aliphatic carbocycles. The fraction of sp³-hybridized carbons (Fsp3) is 0.154. The molecule has 0 unspecified atom stereocenters. The Kier molecular flexibility index (Phi) is 3.94. The normalized spacial score (nSPS) is 10.4. The van der Waals surface area contributed by atoms with E-state index in [4.69, 9.17) is 15.3 Å². The number of thioether (sulfide) groups is 1. The summed E-state index contributed by atoms with van der Waals surface area (Å²) >= 11 is 1.59. The number of carbonyl (C=O) groups is 1. The molecule has 0 amide bonds. The fourth-order valence-corrected chi connectivity index (χ4v) is 2.59. The van der Waals surface area contributed by atoms with E-state index in [2.05, 4.69) is 0 Å². The number of rotatable bonds is 5. The molecule has 0 saturated carbocycles. The van der Waals surface area contributed by atoms with Crippen molar-refractivity contribution in [3.05, 3.63) is 53.5 Å². The van der Waals surface area contributed by atoms with Gasteiger partial charge in [0.2, 0.25) is 0 Å². The van der Waals surface area contributed by atoms with Crippen molar-refractivity contribution >= 4 is 23.4 Å². The number of anilines is 1. The Balaban J connectivity index is 2.05. The summed E-state index contributed by atoms with van der Waals surface area (Å²) in [5, 5.41) is 9.12. The van der Waals surface area contributed by atoms with Crippen LogP contribution in [0.1, 0.15) is 21.7 Å². The Labute approximate surface area is 109 Å². The van der Waals surface area contributed by atoms with Crippen molar-refractivity contribution in [3.8, 4) is 0 Å². The van der Waals surface area contributed by atoms with Crippen molar-refractivity contribution in [2.75, 3.05) is 5.73 Å². The number of hydrogen-bond donors (Lipinski definition) is 2. The van der Waals surface area contributed by atoms with Crippen molar-refractivity contribution in [1.82, 2.24) is 0 Å². The zero-order valence-corrected chi connectivity index (χ0v) is 10.4. The molecule has 1 aromatic carbocycles. The minimum Gasteiger partial charge on any atom is -0.478 e. The number of benzene rings is 1. The molecule has 5 heteroatoms. The lowest BCUT2D eigenvalue weighted by atomic mass is 10.1. The minimum absolute atomic E-state index is 0.199. The predicted octanol–water partition coefficient (Wildman–Crippen LogP) is 2.99. The molecule has 0 radical (unpaired) electrons. The number of aromatic carboxylic acids is 1. The van der Waals surface area contributed by atoms with Crippen molar-refractivity contribution in [2.24, 2.45) is 0 Å². The third-order valence-electron chi connectivity index (χ3n) is 2.48. The lowest BCUT2D eigenvalue weighted by molar-refractivity contribution is 0.0697. The number of hydrogen-bond acceptors (Lipinski definition) is 4. The maximum absolute atomic E-state index is 11.1. The Morgan fingerprint density at radius 1 is 1.28 bits per heavy atom. The maximum Gasteiger partial charge on any atom is 0.338 e. The van der Waals surface area contributed by atoms with Crippen molar-refractivity contribution in [2.45, 2.75) is 11.5 Å². The van der Waals surface area contributed by atoms with Crippen LogP contribution in [0.4, 0.5) is 5.69 Å². The molecule has 0 spiro atoms. The van der Waals surface area contributed by atoms with Gasteiger partial charge in [-0.05, 0) is 23.8 Å². The molecular weight excluding hydrogens is 250 g/mol. The van der Waals surface area contributed by atoms with Gasteiger partial charge in [0.1, 0.15) is 5.76 Å². The van der Waals surface area contributed by atoms with Crippen LogP contribution in [0.3, 0.4) is 0 Å². The lowest BCUT2D eigenvalue weighted by Gasteiger charge is -2.07. The van der Waals surface area contributed by atoms with Gasteiger partial charge < -0.3 is 15.3 Å². The number of furan rings is 1. The average molecular weight is 263 g/mol. The lowest BCUT2D eigenvalue weighted by Crippen LogP contribution is -2.06. The van der Waals surface area contributed by atoms with Crippen LogP contribution in [0, 0.1) is 0 Å². The Bertz CT molecular complexity index is 537. The van der Waals surface area contributed by atoms with E-state index in [9.17, 15) is 4.79 Å². The SMILES string of the molecule is Nc1cccc(CSCc2ccco2)c1C(=O)O. The topological polar surface area (TPSA) is 76.5 Å². The van der Waals surface area contributed by atoms with Gasteiger partial charge in [-0.3, -0.25) is 0 Å². The molecule has 4 nitrogen and oxygen atoms in total. The van der Waals surface area contributed by atoms with Crippen LogP contribution in [0.2, 0.25) is 0 Å². The van der Waals surface area contributed by atoms with Crippen molar-refractivity contribution < 1.29 is 14.3 Å². The minimum atomic E-state index is -0.985. The van der Waals surface area contributed by atoms with E-state index in [1.54, 1.807) is 36.2 Å². The van der Waals surface area contributed by atoms with Gasteiger partial charge in [-0.25, -0.2) is 4.79 Å². The van der Waals surface area contributed by atoms with Crippen molar-refractivity contribution in [3.63, 3.8) is 0 Å². The Hall–Kier alpha value is -1.88. The van der Waals surface area contributed by atoms with E-state index in [0.717, 1.165) is 11.3 Å². The average Bonchev–Trinajstić information content (AvgIpc) is 2.81. The smallest absolute Gasteiger partial charge is 0.338 e. The summed E-state index contributed by atoms with van der Waals surface area (Å²) in [4.78, 5) is 11.1. The third kappa shape index (κ3) is 2.87. The molecule has 0 saturated heterocycles. The van der Waals surface area contributed by atoms with E-state index in [1.165, 1.54) is 0 Å². The Morgan fingerprint density at radius 3 is 2.78 bits per heavy atom. The van der Waals surface area contributed by atoms with Gasteiger partial charge >= 0.3 is 5.97 Å². The van der Waals surface area contributed by atoms with Crippen LogP contribution in [-0.4, -0.2) is 11.1 Å². The number of carboxylic acids is 1. The fourth-order valence-electron chi connectivity index (χ4n) is 1.66. The second-order valence-corrected chi connectivity index (χ2v) is 4.74. The first-order chi connectivity index (χ1) is 8.68. The zero-order chi connectivity index (χ0) is 13.0. The van der Waals surface area contributed by atoms with Gasteiger partial charge in [-0.15, -0.1) is 11.8 Å². The summed E-state index contributed by atoms with van der Waals surface area (Å²) < 4.78 is 5.21. The predicted molar refractivity (Wildman–Crippen MR) is 71.5 cm³/mol. The summed E-state index contributed by atoms with van der Waals surface area (Å²) in [5.41, 5.74) is 6.92. The number of carboxylic acid groups (broad SMARTS) is 1. The van der Waals surface area contributed by atoms with Crippen LogP contribution in [0.5, 0.6) is 0 Å². The first-order valence-corrected chi connectivity index (χ1v) is 6.54. The summed E-state index contributed by atoms with van der Waals surface area (Å²) in [6, 6.07) is 8.88. The summed E-state index contributed by atoms with van der Waals surface area (Å²) in [5.74, 6) is 1.19. The first-order valence-electron chi connectivity index (χ1n) is 5.39. The molecule has 2 rings (SSSR count). The van der Waals surface area contributed by atoms with Crippen LogP contribution in [-0.2, 0) is 11.5 Å². The molecule has 0 bridgehead atoms. The summed E-state index contributed by atoms with van der Waals surface area (Å²) in [6.07, 6.45) is 1.62. The number of nitrogens with two attached hydrogens (primary N) is 1. The molecular formula is C13H13NO3S. The summed E-state index contributed by atoms with van der Waals surface area (Å²) in [6.45, 7) is 0. The maximum atomic E-state index is 11.1. The summed E-state index contributed by atoms with van der Waals surface area (Å²) in [7, 11) is 0. The molecule has 0 atom stereocenters. The Morgan fingerprint density at radius 2 is 2.11 bits per heavy atom. The van der Waals surface area contributed by atoms with Gasteiger partial charge in [-0.1, -0.05) is 12.1 Å². The van der Waals surface area contributed by atoms with E-state index in [1.807, 2.05) is 12.1 Å². The van der Waals surface area contributed by atoms with E-state index in [0.29, 0.717) is 17.2 Å². The highest BCUT2D eigenvalue weighted by Crippen LogP contribution is 2.24. The molecule has 0 aliphatic heterocycles. The van der Waals surface area contributed by atoms with E-state index < -0.39 is 5.97 Å². The second kappa shape index (κ2) is 5.64. The number of nitrogen functional groups attached to an aromatic ring is 1. The van der Waals surface area contributed by atoms with E-state index in [-0.39, 0.29) is 5.56 Å². The molecule has 1 heterocycles. The first kappa shape index (κ1) is 12.6. The van der Waals surface area contributed by atoms with Gasteiger partial charge in [0.15, 0.2) is 0 Å². The molecule has 0 aliphatic rings. The van der Waals surface area contributed by atoms with Crippen LogP contribution in [0.25, 0.3) is 0 Å². The van der Waals surface area contributed by atoms with Gasteiger partial charge in [0.05, 0.1) is 17.6 Å². The van der Waals surface area contributed by atoms with Crippen LogP contribution < -0.4 is 5.73 Å². The third-order valence-corrected chi connectivity index (χ3v) is 3.48. The molecule has 18 heavy (non-hydrogen) atoms. The van der Waals surface area contributed by atoms with Crippen molar-refractivity contribution in [1.29, 1.82) is 0 Å². The molecule has 3 N–H and O–H groups in total. The molecule has 2 aromatic rings. The largest absolute Gasteiger partial charge is 0.478 e. The quantitative estimate of drug-likeness (QED) is 0.811. The molecule has 1 aromatic heterocycles. The van der Waals surface area contributed by atoms with Crippen LogP contribution >= 0.6 is 11.8 Å². The monoisotopic (exact) mass is 263 g/mol. The molecule has 94 valence electrons. The van der Waals surface area contributed by atoms with E-state index >= 15 is 0 Å². The van der Waals surface area contributed by atoms with Gasteiger partial charge in [0.25, 0.3) is 0 Å².